The van der Waals surface area contributed by atoms with Crippen LogP contribution in [-0.2, 0) is 14.3 Å². The van der Waals surface area contributed by atoms with Gasteiger partial charge in [-0.3, -0.25) is 9.59 Å². The third-order valence-corrected chi connectivity index (χ3v) is 2.64. The van der Waals surface area contributed by atoms with Crippen LogP contribution in [-0.4, -0.2) is 36.7 Å². The van der Waals surface area contributed by atoms with Gasteiger partial charge in [0.05, 0.1) is 12.5 Å². The molecule has 0 bridgehead atoms. The number of methoxy groups -OCH3 is 1. The van der Waals surface area contributed by atoms with Crippen molar-refractivity contribution in [3.63, 3.8) is 0 Å². The monoisotopic (exact) mass is 245 g/mol. The van der Waals surface area contributed by atoms with Crippen LogP contribution in [0.25, 0.3) is 0 Å². The number of rotatable bonds is 9. The highest BCUT2D eigenvalue weighted by molar-refractivity contribution is 5.76. The lowest BCUT2D eigenvalue weighted by Gasteiger charge is -2.14. The maximum Gasteiger partial charge on any atom is 0.306 e. The van der Waals surface area contributed by atoms with Crippen molar-refractivity contribution in [2.45, 2.75) is 45.6 Å². The Labute approximate surface area is 103 Å². The van der Waals surface area contributed by atoms with Gasteiger partial charge in [0, 0.05) is 19.6 Å². The van der Waals surface area contributed by atoms with Crippen LogP contribution in [0.5, 0.6) is 0 Å². The molecule has 5 nitrogen and oxygen atoms in total. The van der Waals surface area contributed by atoms with Crippen LogP contribution in [0.1, 0.15) is 39.5 Å². The predicted octanol–water partition coefficient (Wildman–Crippen LogP) is 1.42. The number of ether oxygens (including phenoxy) is 1. The average molecular weight is 245 g/mol. The summed E-state index contributed by atoms with van der Waals surface area (Å²) in [5.41, 5.74) is 0. The van der Waals surface area contributed by atoms with E-state index in [4.69, 9.17) is 9.84 Å². The molecule has 0 spiro atoms. The fourth-order valence-corrected chi connectivity index (χ4v) is 1.47. The van der Waals surface area contributed by atoms with Crippen molar-refractivity contribution >= 4 is 11.9 Å². The fraction of sp³-hybridized carbons (Fsp3) is 0.833. The van der Waals surface area contributed by atoms with Crippen molar-refractivity contribution in [1.82, 2.24) is 5.32 Å². The molecule has 17 heavy (non-hydrogen) atoms. The van der Waals surface area contributed by atoms with Crippen molar-refractivity contribution in [2.75, 3.05) is 13.7 Å². The van der Waals surface area contributed by atoms with Crippen molar-refractivity contribution in [2.24, 2.45) is 5.92 Å². The summed E-state index contributed by atoms with van der Waals surface area (Å²) in [6, 6.07) is 0.0837. The van der Waals surface area contributed by atoms with Crippen LogP contribution in [0, 0.1) is 5.92 Å². The molecule has 0 aliphatic heterocycles. The van der Waals surface area contributed by atoms with Crippen LogP contribution < -0.4 is 5.32 Å². The average Bonchev–Trinajstić information content (AvgIpc) is 2.25. The summed E-state index contributed by atoms with van der Waals surface area (Å²) < 4.78 is 4.81. The molecular formula is C12H23NO4. The Balaban J connectivity index is 3.62. The number of nitrogens with one attached hydrogen (secondary N) is 1. The number of carbonyl (C=O) groups is 2. The first-order valence-electron chi connectivity index (χ1n) is 5.98. The lowest BCUT2D eigenvalue weighted by molar-refractivity contribution is -0.141. The standard InChI is InChI=1S/C12H23NO4/c1-9(12(15)16)5-4-6-10(2)13-11(14)7-8-17-3/h9-10H,4-8H2,1-3H3,(H,13,14)(H,15,16). The molecule has 0 fully saturated rings. The highest BCUT2D eigenvalue weighted by Crippen LogP contribution is 2.09. The smallest absolute Gasteiger partial charge is 0.306 e. The summed E-state index contributed by atoms with van der Waals surface area (Å²) >= 11 is 0. The summed E-state index contributed by atoms with van der Waals surface area (Å²) in [4.78, 5) is 21.9. The number of amides is 1. The van der Waals surface area contributed by atoms with E-state index < -0.39 is 5.97 Å². The first-order chi connectivity index (χ1) is 7.97. The van der Waals surface area contributed by atoms with Gasteiger partial charge < -0.3 is 15.2 Å². The van der Waals surface area contributed by atoms with E-state index in [1.165, 1.54) is 0 Å². The van der Waals surface area contributed by atoms with Crippen molar-refractivity contribution in [3.05, 3.63) is 0 Å². The van der Waals surface area contributed by atoms with E-state index >= 15 is 0 Å². The minimum atomic E-state index is -0.762. The highest BCUT2D eigenvalue weighted by atomic mass is 16.5. The van der Waals surface area contributed by atoms with Gasteiger partial charge in [0.25, 0.3) is 0 Å². The second-order valence-corrected chi connectivity index (χ2v) is 4.38. The second-order valence-electron chi connectivity index (χ2n) is 4.38. The molecule has 0 heterocycles. The van der Waals surface area contributed by atoms with Crippen LogP contribution in [0.15, 0.2) is 0 Å². The molecule has 0 saturated carbocycles. The SMILES string of the molecule is COCCC(=O)NC(C)CCCC(C)C(=O)O. The summed E-state index contributed by atoms with van der Waals surface area (Å²) in [6.45, 7) is 4.05. The Morgan fingerprint density at radius 3 is 2.47 bits per heavy atom. The molecule has 2 N–H and O–H groups in total. The third-order valence-electron chi connectivity index (χ3n) is 2.64. The molecule has 0 radical (unpaired) electrons. The van der Waals surface area contributed by atoms with Gasteiger partial charge in [-0.15, -0.1) is 0 Å². The van der Waals surface area contributed by atoms with Gasteiger partial charge >= 0.3 is 5.97 Å². The van der Waals surface area contributed by atoms with E-state index in [1.54, 1.807) is 14.0 Å². The number of carboxylic acid groups (broad SMARTS) is 1. The third kappa shape index (κ3) is 8.68. The van der Waals surface area contributed by atoms with Gasteiger partial charge in [0.2, 0.25) is 5.91 Å². The molecule has 2 atom stereocenters. The first kappa shape index (κ1) is 15.9. The van der Waals surface area contributed by atoms with Crippen LogP contribution in [0.3, 0.4) is 0 Å². The van der Waals surface area contributed by atoms with Gasteiger partial charge in [-0.2, -0.15) is 0 Å². The molecule has 1 amide bonds. The van der Waals surface area contributed by atoms with E-state index in [-0.39, 0.29) is 17.9 Å². The zero-order valence-electron chi connectivity index (χ0n) is 10.9. The van der Waals surface area contributed by atoms with Crippen molar-refractivity contribution in [1.29, 1.82) is 0 Å². The van der Waals surface area contributed by atoms with Crippen LogP contribution in [0.2, 0.25) is 0 Å². The van der Waals surface area contributed by atoms with E-state index in [1.807, 2.05) is 6.92 Å². The number of carbonyl (C=O) groups excluding carboxylic acids is 1. The maximum atomic E-state index is 11.3. The highest BCUT2D eigenvalue weighted by Gasteiger charge is 2.12. The molecule has 2 unspecified atom stereocenters. The van der Waals surface area contributed by atoms with Gasteiger partial charge in [-0.1, -0.05) is 13.3 Å². The molecular weight excluding hydrogens is 222 g/mol. The number of hydrogen-bond acceptors (Lipinski definition) is 3. The fourth-order valence-electron chi connectivity index (χ4n) is 1.47. The van der Waals surface area contributed by atoms with E-state index in [0.29, 0.717) is 19.4 Å². The molecule has 100 valence electrons. The minimum absolute atomic E-state index is 0.0226. The Bertz CT molecular complexity index is 243. The Hall–Kier alpha value is -1.10. The molecule has 0 aromatic heterocycles. The molecule has 0 aliphatic rings. The summed E-state index contributed by atoms with van der Waals surface area (Å²) in [5, 5.41) is 11.6. The van der Waals surface area contributed by atoms with E-state index in [0.717, 1.165) is 12.8 Å². The summed E-state index contributed by atoms with van der Waals surface area (Å²) in [5.74, 6) is -1.10. The van der Waals surface area contributed by atoms with E-state index in [2.05, 4.69) is 5.32 Å². The number of hydrogen-bond donors (Lipinski definition) is 2. The molecule has 0 aromatic carbocycles. The van der Waals surface area contributed by atoms with Crippen molar-refractivity contribution in [3.8, 4) is 0 Å². The topological polar surface area (TPSA) is 75.6 Å². The van der Waals surface area contributed by atoms with Crippen LogP contribution in [0.4, 0.5) is 0 Å². The van der Waals surface area contributed by atoms with E-state index in [9.17, 15) is 9.59 Å². The maximum absolute atomic E-state index is 11.3. The normalized spacial score (nSPS) is 14.1. The lowest BCUT2D eigenvalue weighted by atomic mass is 10.0. The van der Waals surface area contributed by atoms with Gasteiger partial charge in [-0.05, 0) is 19.8 Å². The summed E-state index contributed by atoms with van der Waals surface area (Å²) in [7, 11) is 1.56. The largest absolute Gasteiger partial charge is 0.481 e. The predicted molar refractivity (Wildman–Crippen MR) is 64.7 cm³/mol. The Morgan fingerprint density at radius 2 is 1.94 bits per heavy atom. The van der Waals surface area contributed by atoms with Crippen LogP contribution >= 0.6 is 0 Å². The quantitative estimate of drug-likeness (QED) is 0.644. The first-order valence-corrected chi connectivity index (χ1v) is 5.98. The summed E-state index contributed by atoms with van der Waals surface area (Å²) in [6.07, 6.45) is 2.62. The zero-order chi connectivity index (χ0) is 13.3. The zero-order valence-corrected chi connectivity index (χ0v) is 10.9. The second kappa shape index (κ2) is 8.98. The number of carboxylic acids is 1. The van der Waals surface area contributed by atoms with Crippen molar-refractivity contribution < 1.29 is 19.4 Å². The van der Waals surface area contributed by atoms with Gasteiger partial charge in [-0.25, -0.2) is 0 Å². The van der Waals surface area contributed by atoms with Gasteiger partial charge in [0.1, 0.15) is 0 Å². The molecule has 0 rings (SSSR count). The molecule has 0 aromatic rings. The Kier molecular flexibility index (Phi) is 8.40. The molecule has 0 saturated heterocycles. The number of aliphatic carboxylic acids is 1. The lowest BCUT2D eigenvalue weighted by Crippen LogP contribution is -2.33. The minimum Gasteiger partial charge on any atom is -0.481 e. The van der Waals surface area contributed by atoms with Gasteiger partial charge in [0.15, 0.2) is 0 Å². The molecule has 5 heteroatoms. The Morgan fingerprint density at radius 1 is 1.29 bits per heavy atom. The molecule has 0 aliphatic carbocycles.